The van der Waals surface area contributed by atoms with Crippen molar-refractivity contribution in [3.05, 3.63) is 72.3 Å². The third-order valence-electron chi connectivity index (χ3n) is 16.6. The maximum atomic E-state index is 14.6. The predicted octanol–water partition coefficient (Wildman–Crippen LogP) is -10.1. The molecule has 4 rings (SSSR count). The van der Waals surface area contributed by atoms with E-state index in [0.29, 0.717) is 29.8 Å². The van der Waals surface area contributed by atoms with E-state index in [9.17, 15) is 86.9 Å². The topological polar surface area (TPSA) is 673 Å². The molecule has 0 bridgehead atoms. The molecule has 606 valence electrons. The second kappa shape index (κ2) is 48.3. The number of carboxylic acid groups (broad SMARTS) is 1. The average Bonchev–Trinajstić information content (AvgIpc) is 1.65. The number of H-pyrrole nitrogens is 2. The quantitative estimate of drug-likeness (QED) is 0.0108. The van der Waals surface area contributed by atoms with E-state index in [1.165, 1.54) is 36.9 Å². The maximum absolute atomic E-state index is 14.6. The molecule has 1 aliphatic heterocycles. The van der Waals surface area contributed by atoms with Gasteiger partial charge in [-0.25, -0.2) is 14.8 Å². The van der Waals surface area contributed by atoms with Crippen molar-refractivity contribution in [1.82, 2.24) is 94.0 Å². The fraction of sp³-hybridized carbons (Fsp3) is 0.547. The van der Waals surface area contributed by atoms with Gasteiger partial charge >= 0.3 is 5.97 Å². The number of unbranched alkanes of at least 4 members (excludes halogenated alkanes) is 1. The number of likely N-dealkylation sites (tertiary alicyclic amines) is 1. The summed E-state index contributed by atoms with van der Waals surface area (Å²) in [5.41, 5.74) is 28.6. The third kappa shape index (κ3) is 31.7. The number of aliphatic hydroxyl groups excluding tert-OH is 1. The molecule has 0 radical (unpaired) electrons. The van der Waals surface area contributed by atoms with Crippen LogP contribution in [0.5, 0.6) is 0 Å². The van der Waals surface area contributed by atoms with Crippen LogP contribution in [0.1, 0.15) is 75.2 Å². The molecular formula is C64H98N24O18S4. The molecule has 110 heavy (non-hydrogen) atoms. The predicted molar refractivity (Wildman–Crippen MR) is 407 cm³/mol. The number of carbonyl (C=O) groups is 16. The van der Waals surface area contributed by atoms with Gasteiger partial charge in [0.15, 0.2) is 5.96 Å². The number of guanidine groups is 1. The number of benzene rings is 1. The zero-order valence-corrected chi connectivity index (χ0v) is 63.5. The summed E-state index contributed by atoms with van der Waals surface area (Å²) in [5.74, 6) is -16.6. The summed E-state index contributed by atoms with van der Waals surface area (Å²) >= 11 is 16.6. The first-order valence-electron chi connectivity index (χ1n) is 34.6. The molecule has 1 fully saturated rings. The third-order valence-corrected chi connectivity index (χ3v) is 18.0. The normalized spacial score (nSPS) is 15.6. The Morgan fingerprint density at radius 3 is 1.48 bits per heavy atom. The van der Waals surface area contributed by atoms with Gasteiger partial charge in [-0.3, -0.25) is 76.9 Å². The lowest BCUT2D eigenvalue weighted by molar-refractivity contribution is -0.142. The van der Waals surface area contributed by atoms with Gasteiger partial charge in [0.2, 0.25) is 88.6 Å². The molecule has 0 spiro atoms. The number of aromatic amines is 2. The van der Waals surface area contributed by atoms with E-state index in [2.05, 4.69) is 145 Å². The minimum absolute atomic E-state index is 0.00541. The highest BCUT2D eigenvalue weighted by Gasteiger charge is 2.41. The van der Waals surface area contributed by atoms with Gasteiger partial charge in [0, 0.05) is 79.1 Å². The summed E-state index contributed by atoms with van der Waals surface area (Å²) < 4.78 is 0. The van der Waals surface area contributed by atoms with Crippen LogP contribution < -0.4 is 97.8 Å². The largest absolute Gasteiger partial charge is 0.480 e. The zero-order chi connectivity index (χ0) is 81.6. The summed E-state index contributed by atoms with van der Waals surface area (Å²) in [7, 11) is 0. The highest BCUT2D eigenvalue weighted by molar-refractivity contribution is 7.80. The lowest BCUT2D eigenvalue weighted by atomic mass is 10.0. The van der Waals surface area contributed by atoms with Gasteiger partial charge in [-0.1, -0.05) is 30.3 Å². The molecule has 1 saturated heterocycles. The number of aromatic nitrogens is 4. The zero-order valence-electron chi connectivity index (χ0n) is 59.9. The minimum Gasteiger partial charge on any atom is -0.480 e. The van der Waals surface area contributed by atoms with Crippen molar-refractivity contribution in [2.75, 3.05) is 62.3 Å². The number of aliphatic imine (C=N–C) groups is 1. The Kier molecular flexibility index (Phi) is 40.4. The van der Waals surface area contributed by atoms with Crippen molar-refractivity contribution >= 4 is 151 Å². The molecule has 3 heterocycles. The van der Waals surface area contributed by atoms with Crippen LogP contribution in [0, 0.1) is 0 Å². The SMILES string of the molecule is C[C@H](NC(=O)[C@@H]1CCCN1C(=O)[C@H](Cc1cnc[nH]1)NC(=O)[C@H](CS)NC(=O)[C@H](CS)NC(=O)[C@H](CCCN=C(N)N)NC(=O)CNC(=O)[C@@H](N)CC(N)=O)C(=O)N[C@@H](CS)C(=O)NCC(=O)N[C@@H](CCCCN)C(=O)N[C@@H](Cc1cnc[nH]1)C(=O)N[C@@H](Cc1ccccc1)C(=O)N[C@@H](CO)C(=O)N[C@@H](CS)C(=O)O. The maximum Gasteiger partial charge on any atom is 0.327 e. The first-order chi connectivity index (χ1) is 52.4. The van der Waals surface area contributed by atoms with Crippen LogP contribution in [0.3, 0.4) is 0 Å². The Morgan fingerprint density at radius 1 is 0.545 bits per heavy atom. The number of thiol groups is 4. The first-order valence-corrected chi connectivity index (χ1v) is 37.1. The van der Waals surface area contributed by atoms with Gasteiger partial charge < -0.3 is 123 Å². The number of hydrogen-bond donors (Lipinski definition) is 26. The number of aliphatic carboxylic acids is 1. The van der Waals surface area contributed by atoms with Crippen molar-refractivity contribution in [2.45, 2.75) is 156 Å². The number of rotatable bonds is 49. The van der Waals surface area contributed by atoms with E-state index in [-0.39, 0.29) is 100.0 Å². The van der Waals surface area contributed by atoms with Crippen LogP contribution in [0.25, 0.3) is 0 Å². The van der Waals surface area contributed by atoms with Gasteiger partial charge in [-0.05, 0) is 64.0 Å². The minimum atomic E-state index is -1.68. The van der Waals surface area contributed by atoms with E-state index in [0.717, 1.165) is 0 Å². The van der Waals surface area contributed by atoms with E-state index in [1.807, 2.05) is 0 Å². The summed E-state index contributed by atoms with van der Waals surface area (Å²) in [6.45, 7) is -0.909. The summed E-state index contributed by atoms with van der Waals surface area (Å²) in [6, 6.07) is -10.3. The molecule has 46 heteroatoms. The summed E-state index contributed by atoms with van der Waals surface area (Å²) in [4.78, 5) is 234. The molecule has 2 aromatic heterocycles. The van der Waals surface area contributed by atoms with Crippen molar-refractivity contribution in [3.8, 4) is 0 Å². The van der Waals surface area contributed by atoms with E-state index >= 15 is 0 Å². The molecule has 1 aliphatic rings. The number of imidazole rings is 2. The Bertz CT molecular complexity index is 3640. The van der Waals surface area contributed by atoms with Crippen LogP contribution >= 0.6 is 50.5 Å². The van der Waals surface area contributed by atoms with Crippen molar-refractivity contribution < 1.29 is 86.9 Å². The van der Waals surface area contributed by atoms with Crippen molar-refractivity contribution in [1.29, 1.82) is 0 Å². The number of carboxylic acids is 1. The first kappa shape index (κ1) is 92.1. The molecular weight excluding hydrogens is 1520 g/mol. The number of nitrogens with zero attached hydrogens (tertiary/aromatic N) is 4. The van der Waals surface area contributed by atoms with Gasteiger partial charge in [-0.15, -0.1) is 0 Å². The van der Waals surface area contributed by atoms with Gasteiger partial charge in [-0.2, -0.15) is 50.5 Å². The molecule has 15 amide bonds. The number of hydrogen-bond acceptors (Lipinski definition) is 26. The van der Waals surface area contributed by atoms with Crippen molar-refractivity contribution in [2.24, 2.45) is 33.7 Å². The van der Waals surface area contributed by atoms with Gasteiger partial charge in [0.1, 0.15) is 72.5 Å². The van der Waals surface area contributed by atoms with Crippen LogP contribution in [0.2, 0.25) is 0 Å². The second-order valence-electron chi connectivity index (χ2n) is 25.1. The standard InChI is InChI=1S/C64H98N24O18S4/c1-32(77-61(103)47-13-8-16-88(47)62(104)41(19-35-22-71-31-76-35)82-59(101)44(27-108)86-60(102)45(28-109)85-55(97)38(12-7-15-72-64(68)69)79-49(91)23-73-52(94)36(66)20-48(67)90)51(93)84-43(26-107)53(95)74-24-50(92)78-37(11-5-6-14-65)54(96)81-40(18-34-21-70-30-75-34)57(99)80-39(17-33-9-3-2-4-10-33)56(98)83-42(25-89)58(100)87-46(29-110)63(105)106/h2-4,9-10,21-22,30-32,36-47,89,107-110H,5-8,11-20,23-29,65-66H2,1H3,(H2,67,90)(H,70,75)(H,71,76)(H,73,94)(H,74,95)(H,77,103)(H,78,92)(H,79,91)(H,80,99)(H,81,96)(H,82,101)(H,83,98)(H,84,93)(H,85,97)(H,86,102)(H,87,100)(H,105,106)(H4,68,69,72)/t32-,36-,37-,38-,39-,40-,41-,42-,43-,44-,45-,46-,47-/m0/s1. The average molecular weight is 1620 g/mol. The number of nitrogens with one attached hydrogen (secondary N) is 15. The Hall–Kier alpha value is -10.3. The number of aliphatic hydroxyl groups is 1. The Labute approximate surface area is 653 Å². The molecule has 0 unspecified atom stereocenters. The molecule has 42 nitrogen and oxygen atoms in total. The molecule has 1 aromatic carbocycles. The number of primary amides is 1. The lowest BCUT2D eigenvalue weighted by Crippen LogP contribution is -2.61. The molecule has 0 aliphatic carbocycles. The van der Waals surface area contributed by atoms with Crippen LogP contribution in [-0.2, 0) is 96.0 Å². The van der Waals surface area contributed by atoms with Gasteiger partial charge in [0.25, 0.3) is 0 Å². The molecule has 13 atom stereocenters. The van der Waals surface area contributed by atoms with Crippen molar-refractivity contribution in [3.63, 3.8) is 0 Å². The Balaban J connectivity index is 1.41. The van der Waals surface area contributed by atoms with E-state index < -0.39 is 199 Å². The molecule has 27 N–H and O–H groups in total. The molecule has 3 aromatic rings. The van der Waals surface area contributed by atoms with Crippen LogP contribution in [-0.4, -0.2) is 276 Å². The number of carbonyl (C=O) groups excluding carboxylic acids is 15. The van der Waals surface area contributed by atoms with E-state index in [4.69, 9.17) is 28.7 Å². The summed E-state index contributed by atoms with van der Waals surface area (Å²) in [5, 5.41) is 51.4. The second-order valence-corrected chi connectivity index (χ2v) is 26.6. The highest BCUT2D eigenvalue weighted by atomic mass is 32.1. The highest BCUT2D eigenvalue weighted by Crippen LogP contribution is 2.21. The fourth-order valence-electron chi connectivity index (χ4n) is 10.7. The van der Waals surface area contributed by atoms with Gasteiger partial charge in [0.05, 0.1) is 44.8 Å². The van der Waals surface area contributed by atoms with E-state index in [1.54, 1.807) is 30.3 Å². The number of nitrogens with two attached hydrogens (primary N) is 5. The number of amides is 15. The smallest absolute Gasteiger partial charge is 0.327 e. The fourth-order valence-corrected chi connectivity index (χ4v) is 11.7. The Morgan fingerprint density at radius 2 is 0.991 bits per heavy atom. The van der Waals surface area contributed by atoms with Crippen LogP contribution in [0.15, 0.2) is 60.4 Å². The van der Waals surface area contributed by atoms with Crippen LogP contribution in [0.4, 0.5) is 0 Å². The monoisotopic (exact) mass is 1620 g/mol. The summed E-state index contributed by atoms with van der Waals surface area (Å²) in [6.07, 6.45) is 5.27. The lowest BCUT2D eigenvalue weighted by Gasteiger charge is -2.30. The molecule has 0 saturated carbocycles.